The monoisotopic (exact) mass is 303 g/mol. The SMILES string of the molecule is Oc1c(Cl)cc(C(F)(F)F)cc1NCC(O)CCl. The van der Waals surface area contributed by atoms with E-state index in [2.05, 4.69) is 5.32 Å². The number of alkyl halides is 4. The van der Waals surface area contributed by atoms with Crippen molar-refractivity contribution in [3.63, 3.8) is 0 Å². The van der Waals surface area contributed by atoms with E-state index >= 15 is 0 Å². The maximum atomic E-state index is 12.5. The summed E-state index contributed by atoms with van der Waals surface area (Å²) in [6.07, 6.45) is -5.52. The van der Waals surface area contributed by atoms with Crippen molar-refractivity contribution in [2.75, 3.05) is 17.7 Å². The number of phenols is 1. The molecule has 0 aliphatic rings. The van der Waals surface area contributed by atoms with E-state index < -0.39 is 28.6 Å². The number of hydrogen-bond acceptors (Lipinski definition) is 3. The molecule has 102 valence electrons. The van der Waals surface area contributed by atoms with Crippen molar-refractivity contribution < 1.29 is 23.4 Å². The smallest absolute Gasteiger partial charge is 0.416 e. The summed E-state index contributed by atoms with van der Waals surface area (Å²) in [6, 6.07) is 1.34. The minimum absolute atomic E-state index is 0.0829. The molecule has 0 saturated heterocycles. The van der Waals surface area contributed by atoms with Gasteiger partial charge in [0.05, 0.1) is 28.3 Å². The molecule has 18 heavy (non-hydrogen) atoms. The lowest BCUT2D eigenvalue weighted by molar-refractivity contribution is -0.137. The molecule has 0 spiro atoms. The van der Waals surface area contributed by atoms with Crippen LogP contribution in [0.4, 0.5) is 18.9 Å². The summed E-state index contributed by atoms with van der Waals surface area (Å²) in [5, 5.41) is 20.7. The molecule has 3 N–H and O–H groups in total. The fraction of sp³-hybridized carbons (Fsp3) is 0.400. The van der Waals surface area contributed by atoms with E-state index in [-0.39, 0.29) is 18.1 Å². The Morgan fingerprint density at radius 2 is 1.94 bits per heavy atom. The van der Waals surface area contributed by atoms with Gasteiger partial charge in [-0.1, -0.05) is 11.6 Å². The van der Waals surface area contributed by atoms with Gasteiger partial charge in [-0.2, -0.15) is 13.2 Å². The van der Waals surface area contributed by atoms with Crippen LogP contribution in [0.3, 0.4) is 0 Å². The largest absolute Gasteiger partial charge is 0.504 e. The first-order valence-electron chi connectivity index (χ1n) is 4.83. The van der Waals surface area contributed by atoms with Crippen molar-refractivity contribution in [2.24, 2.45) is 0 Å². The van der Waals surface area contributed by atoms with Crippen LogP contribution in [0.25, 0.3) is 0 Å². The van der Waals surface area contributed by atoms with Gasteiger partial charge in [0, 0.05) is 6.54 Å². The maximum Gasteiger partial charge on any atom is 0.416 e. The zero-order valence-corrected chi connectivity index (χ0v) is 10.4. The van der Waals surface area contributed by atoms with E-state index in [1.165, 1.54) is 0 Å². The van der Waals surface area contributed by atoms with Gasteiger partial charge in [0.2, 0.25) is 0 Å². The van der Waals surface area contributed by atoms with Gasteiger partial charge in [-0.05, 0) is 12.1 Å². The van der Waals surface area contributed by atoms with Crippen LogP contribution in [0.5, 0.6) is 5.75 Å². The lowest BCUT2D eigenvalue weighted by Crippen LogP contribution is -2.21. The average molecular weight is 304 g/mol. The first-order chi connectivity index (χ1) is 8.25. The summed E-state index contributed by atoms with van der Waals surface area (Å²) in [6.45, 7) is -0.102. The van der Waals surface area contributed by atoms with Crippen molar-refractivity contribution in [3.05, 3.63) is 22.7 Å². The standard InChI is InChI=1S/C10H10Cl2F3NO2/c11-3-6(17)4-16-8-2-5(10(13,14)15)1-7(12)9(8)18/h1-2,6,16-18H,3-4H2. The molecular weight excluding hydrogens is 294 g/mol. The number of aliphatic hydroxyl groups excluding tert-OH is 1. The molecule has 0 aliphatic heterocycles. The highest BCUT2D eigenvalue weighted by Crippen LogP contribution is 2.39. The fourth-order valence-electron chi connectivity index (χ4n) is 1.18. The number of phenolic OH excluding ortho intramolecular Hbond substituents is 1. The van der Waals surface area contributed by atoms with Crippen LogP contribution in [0.1, 0.15) is 5.56 Å². The topological polar surface area (TPSA) is 52.5 Å². The van der Waals surface area contributed by atoms with Gasteiger partial charge >= 0.3 is 6.18 Å². The minimum Gasteiger partial charge on any atom is -0.504 e. The van der Waals surface area contributed by atoms with Crippen molar-refractivity contribution >= 4 is 28.9 Å². The third kappa shape index (κ3) is 3.83. The van der Waals surface area contributed by atoms with Gasteiger partial charge in [0.1, 0.15) is 0 Å². The molecule has 0 saturated carbocycles. The van der Waals surface area contributed by atoms with Crippen LogP contribution < -0.4 is 5.32 Å². The number of rotatable bonds is 4. The Morgan fingerprint density at radius 1 is 1.33 bits per heavy atom. The van der Waals surface area contributed by atoms with Crippen molar-refractivity contribution in [1.82, 2.24) is 0 Å². The second kappa shape index (κ2) is 5.86. The van der Waals surface area contributed by atoms with Gasteiger partial charge in [-0.15, -0.1) is 11.6 Å². The molecule has 1 aromatic rings. The highest BCUT2D eigenvalue weighted by Gasteiger charge is 2.32. The molecule has 0 heterocycles. The van der Waals surface area contributed by atoms with Gasteiger partial charge in [-0.3, -0.25) is 0 Å². The van der Waals surface area contributed by atoms with E-state index in [9.17, 15) is 23.4 Å². The van der Waals surface area contributed by atoms with E-state index in [0.717, 1.165) is 0 Å². The maximum absolute atomic E-state index is 12.5. The Morgan fingerprint density at radius 3 is 2.44 bits per heavy atom. The number of hydrogen-bond donors (Lipinski definition) is 3. The van der Waals surface area contributed by atoms with Gasteiger partial charge < -0.3 is 15.5 Å². The summed E-state index contributed by atoms with van der Waals surface area (Å²) in [5.74, 6) is -0.591. The highest BCUT2D eigenvalue weighted by molar-refractivity contribution is 6.32. The molecule has 1 aromatic carbocycles. The summed E-state index contributed by atoms with van der Waals surface area (Å²) in [4.78, 5) is 0. The lowest BCUT2D eigenvalue weighted by atomic mass is 10.1. The highest BCUT2D eigenvalue weighted by atomic mass is 35.5. The summed E-state index contributed by atoms with van der Waals surface area (Å²) < 4.78 is 37.5. The van der Waals surface area contributed by atoms with E-state index in [1.807, 2.05) is 0 Å². The summed E-state index contributed by atoms with van der Waals surface area (Å²) in [5.41, 5.74) is -1.20. The molecule has 0 fully saturated rings. The molecule has 0 amide bonds. The predicted molar refractivity (Wildman–Crippen MR) is 63.3 cm³/mol. The van der Waals surface area contributed by atoms with Crippen LogP contribution in [-0.4, -0.2) is 28.7 Å². The molecule has 1 unspecified atom stereocenters. The normalized spacial score (nSPS) is 13.4. The first-order valence-corrected chi connectivity index (χ1v) is 5.74. The molecule has 1 rings (SSSR count). The van der Waals surface area contributed by atoms with Crippen LogP contribution in [0.15, 0.2) is 12.1 Å². The second-order valence-corrected chi connectivity index (χ2v) is 4.26. The van der Waals surface area contributed by atoms with Crippen LogP contribution >= 0.6 is 23.2 Å². The molecule has 0 radical (unpaired) electrons. The summed E-state index contributed by atoms with van der Waals surface area (Å²) in [7, 11) is 0. The lowest BCUT2D eigenvalue weighted by Gasteiger charge is -2.15. The van der Waals surface area contributed by atoms with Crippen LogP contribution in [0.2, 0.25) is 5.02 Å². The molecule has 3 nitrogen and oxygen atoms in total. The molecular formula is C10H10Cl2F3NO2. The minimum atomic E-state index is -4.57. The Bertz CT molecular complexity index is 426. The number of benzene rings is 1. The predicted octanol–water partition coefficient (Wildman–Crippen LogP) is 3.08. The fourth-order valence-corrected chi connectivity index (χ4v) is 1.51. The van der Waals surface area contributed by atoms with Crippen molar-refractivity contribution in [2.45, 2.75) is 12.3 Å². The Hall–Kier alpha value is -0.850. The first kappa shape index (κ1) is 15.2. The zero-order valence-electron chi connectivity index (χ0n) is 8.93. The van der Waals surface area contributed by atoms with Crippen LogP contribution in [0, 0.1) is 0 Å². The third-order valence-corrected chi connectivity index (χ3v) is 2.74. The molecule has 1 atom stereocenters. The number of nitrogens with one attached hydrogen (secondary N) is 1. The molecule has 0 bridgehead atoms. The number of halogens is 5. The number of anilines is 1. The van der Waals surface area contributed by atoms with Crippen molar-refractivity contribution in [1.29, 1.82) is 0 Å². The van der Waals surface area contributed by atoms with Crippen molar-refractivity contribution in [3.8, 4) is 5.75 Å². The Kier molecular flexibility index (Phi) is 4.95. The third-order valence-electron chi connectivity index (χ3n) is 2.10. The molecule has 8 heteroatoms. The molecule has 0 aliphatic carbocycles. The van der Waals surface area contributed by atoms with E-state index in [1.54, 1.807) is 0 Å². The molecule has 0 aromatic heterocycles. The Balaban J connectivity index is 3.00. The van der Waals surface area contributed by atoms with Crippen LogP contribution in [-0.2, 0) is 6.18 Å². The van der Waals surface area contributed by atoms with Gasteiger partial charge in [-0.25, -0.2) is 0 Å². The van der Waals surface area contributed by atoms with E-state index in [4.69, 9.17) is 23.2 Å². The zero-order chi connectivity index (χ0) is 13.9. The average Bonchev–Trinajstić information content (AvgIpc) is 2.28. The van der Waals surface area contributed by atoms with Gasteiger partial charge in [0.25, 0.3) is 0 Å². The number of aromatic hydroxyl groups is 1. The second-order valence-electron chi connectivity index (χ2n) is 3.54. The van der Waals surface area contributed by atoms with E-state index in [0.29, 0.717) is 12.1 Å². The summed E-state index contributed by atoms with van der Waals surface area (Å²) >= 11 is 10.8. The van der Waals surface area contributed by atoms with Gasteiger partial charge in [0.15, 0.2) is 5.75 Å². The quantitative estimate of drug-likeness (QED) is 0.592. The number of aliphatic hydroxyl groups is 1. The Labute approximate surface area is 111 Å².